The number of hydrogen-bond acceptors (Lipinski definition) is 4. The van der Waals surface area contributed by atoms with Crippen LogP contribution in [-0.2, 0) is 6.42 Å². The summed E-state index contributed by atoms with van der Waals surface area (Å²) in [4.78, 5) is 4.18. The van der Waals surface area contributed by atoms with Crippen molar-refractivity contribution in [3.05, 3.63) is 40.4 Å². The van der Waals surface area contributed by atoms with Gasteiger partial charge >= 0.3 is 0 Å². The zero-order valence-corrected chi connectivity index (χ0v) is 10.8. The van der Waals surface area contributed by atoms with Crippen molar-refractivity contribution in [2.45, 2.75) is 19.8 Å². The molecule has 1 aromatic heterocycles. The molecule has 0 aliphatic heterocycles. The molecule has 1 aromatic carbocycles. The molecule has 1 heterocycles. The molecule has 0 saturated heterocycles. The maximum atomic E-state index is 9.72. The van der Waals surface area contributed by atoms with Crippen LogP contribution in [0.4, 0.5) is 0 Å². The number of phenols is 1. The van der Waals surface area contributed by atoms with Crippen molar-refractivity contribution in [1.82, 2.24) is 14.8 Å². The number of para-hydroxylation sites is 1. The number of aromatic amines is 1. The van der Waals surface area contributed by atoms with Gasteiger partial charge in [0.25, 0.3) is 0 Å². The van der Waals surface area contributed by atoms with E-state index in [1.54, 1.807) is 18.2 Å². The largest absolute Gasteiger partial charge is 0.507 e. The Bertz CT molecular complexity index is 629. The molecule has 6 heteroatoms. The number of aromatic hydroxyl groups is 1. The third-order valence-electron chi connectivity index (χ3n) is 2.53. The zero-order chi connectivity index (χ0) is 13.1. The SMILES string of the molecule is CCCc1nc(=S)n(C(=N)c2ccccc2O)[nH]1. The molecule has 2 aromatic rings. The molecule has 0 aliphatic carbocycles. The quantitative estimate of drug-likeness (QED) is 0.452. The number of nitrogens with one attached hydrogen (secondary N) is 2. The van der Waals surface area contributed by atoms with Gasteiger partial charge in [-0.1, -0.05) is 19.1 Å². The summed E-state index contributed by atoms with van der Waals surface area (Å²) in [5.41, 5.74) is 0.417. The minimum Gasteiger partial charge on any atom is -0.507 e. The molecule has 5 nitrogen and oxygen atoms in total. The van der Waals surface area contributed by atoms with Gasteiger partial charge in [-0.05, 0) is 30.8 Å². The molecular weight excluding hydrogens is 248 g/mol. The molecule has 0 spiro atoms. The van der Waals surface area contributed by atoms with Crippen molar-refractivity contribution in [1.29, 1.82) is 5.41 Å². The Morgan fingerprint density at radius 2 is 2.22 bits per heavy atom. The molecule has 0 radical (unpaired) electrons. The van der Waals surface area contributed by atoms with E-state index in [9.17, 15) is 5.11 Å². The van der Waals surface area contributed by atoms with Gasteiger partial charge < -0.3 is 5.11 Å². The van der Waals surface area contributed by atoms with Crippen LogP contribution in [0, 0.1) is 10.2 Å². The number of aryl methyl sites for hydroxylation is 1. The van der Waals surface area contributed by atoms with Crippen molar-refractivity contribution < 1.29 is 5.11 Å². The van der Waals surface area contributed by atoms with Crippen LogP contribution in [0.25, 0.3) is 0 Å². The van der Waals surface area contributed by atoms with Crippen molar-refractivity contribution in [3.8, 4) is 5.75 Å². The van der Waals surface area contributed by atoms with E-state index in [1.165, 1.54) is 10.7 Å². The van der Waals surface area contributed by atoms with E-state index in [0.717, 1.165) is 18.7 Å². The molecule has 3 N–H and O–H groups in total. The van der Waals surface area contributed by atoms with Gasteiger partial charge in [0.2, 0.25) is 4.77 Å². The number of rotatable bonds is 3. The van der Waals surface area contributed by atoms with Crippen LogP contribution < -0.4 is 0 Å². The Morgan fingerprint density at radius 1 is 1.50 bits per heavy atom. The van der Waals surface area contributed by atoms with E-state index in [-0.39, 0.29) is 11.6 Å². The normalized spacial score (nSPS) is 10.5. The highest BCUT2D eigenvalue weighted by Crippen LogP contribution is 2.16. The molecule has 0 unspecified atom stereocenters. The van der Waals surface area contributed by atoms with Crippen molar-refractivity contribution in [3.63, 3.8) is 0 Å². The first-order valence-electron chi connectivity index (χ1n) is 5.68. The van der Waals surface area contributed by atoms with Crippen molar-refractivity contribution in [2.75, 3.05) is 0 Å². The van der Waals surface area contributed by atoms with E-state index in [4.69, 9.17) is 17.6 Å². The average Bonchev–Trinajstić information content (AvgIpc) is 2.71. The van der Waals surface area contributed by atoms with Crippen molar-refractivity contribution >= 4 is 18.1 Å². The molecule has 0 saturated carbocycles. The first kappa shape index (κ1) is 12.5. The van der Waals surface area contributed by atoms with E-state index in [0.29, 0.717) is 10.3 Å². The predicted octanol–water partition coefficient (Wildman–Crippen LogP) is 2.47. The van der Waals surface area contributed by atoms with Crippen molar-refractivity contribution in [2.24, 2.45) is 0 Å². The Hall–Kier alpha value is -1.95. The van der Waals surface area contributed by atoms with Gasteiger partial charge in [-0.3, -0.25) is 10.5 Å². The lowest BCUT2D eigenvalue weighted by Crippen LogP contribution is -2.14. The fourth-order valence-corrected chi connectivity index (χ4v) is 1.91. The second-order valence-corrected chi connectivity index (χ2v) is 4.27. The zero-order valence-electron chi connectivity index (χ0n) is 9.97. The Kier molecular flexibility index (Phi) is 3.57. The Labute approximate surface area is 110 Å². The minimum absolute atomic E-state index is 0.0519. The summed E-state index contributed by atoms with van der Waals surface area (Å²) in [6.07, 6.45) is 1.73. The molecule has 0 atom stereocenters. The van der Waals surface area contributed by atoms with Crippen LogP contribution in [0.5, 0.6) is 5.75 Å². The molecule has 2 rings (SSSR count). The maximum absolute atomic E-state index is 9.72. The summed E-state index contributed by atoms with van der Waals surface area (Å²) >= 11 is 5.10. The fourth-order valence-electron chi connectivity index (χ4n) is 1.66. The molecule has 18 heavy (non-hydrogen) atoms. The summed E-state index contributed by atoms with van der Waals surface area (Å²) in [6.45, 7) is 2.05. The highest BCUT2D eigenvalue weighted by molar-refractivity contribution is 7.71. The van der Waals surface area contributed by atoms with E-state index in [1.807, 2.05) is 6.92 Å². The number of aromatic nitrogens is 3. The number of phenolic OH excluding ortho intramolecular Hbond substituents is 1. The molecule has 0 amide bonds. The topological polar surface area (TPSA) is 77.7 Å². The third-order valence-corrected chi connectivity index (χ3v) is 2.81. The van der Waals surface area contributed by atoms with E-state index < -0.39 is 0 Å². The van der Waals surface area contributed by atoms with Gasteiger partial charge in [0.1, 0.15) is 11.6 Å². The monoisotopic (exact) mass is 262 g/mol. The van der Waals surface area contributed by atoms with Crippen LogP contribution >= 0.6 is 12.2 Å². The van der Waals surface area contributed by atoms with Gasteiger partial charge in [0, 0.05) is 6.42 Å². The van der Waals surface area contributed by atoms with Crippen LogP contribution in [-0.4, -0.2) is 25.7 Å². The summed E-state index contributed by atoms with van der Waals surface area (Å²) in [7, 11) is 0. The van der Waals surface area contributed by atoms with E-state index in [2.05, 4.69) is 10.1 Å². The summed E-state index contributed by atoms with van der Waals surface area (Å²) < 4.78 is 1.70. The number of nitrogens with zero attached hydrogens (tertiary/aromatic N) is 2. The van der Waals surface area contributed by atoms with Gasteiger partial charge in [-0.2, -0.15) is 0 Å². The maximum Gasteiger partial charge on any atom is 0.222 e. The van der Waals surface area contributed by atoms with Gasteiger partial charge in [-0.15, -0.1) is 0 Å². The first-order chi connectivity index (χ1) is 8.63. The minimum atomic E-state index is 0.0519. The van der Waals surface area contributed by atoms with E-state index >= 15 is 0 Å². The third kappa shape index (κ3) is 2.33. The van der Waals surface area contributed by atoms with Crippen LogP contribution in [0.3, 0.4) is 0 Å². The highest BCUT2D eigenvalue weighted by Gasteiger charge is 2.11. The number of hydrogen-bond donors (Lipinski definition) is 3. The molecular formula is C12H14N4OS. The highest BCUT2D eigenvalue weighted by atomic mass is 32.1. The lowest BCUT2D eigenvalue weighted by molar-refractivity contribution is 0.473. The van der Waals surface area contributed by atoms with Crippen LogP contribution in [0.15, 0.2) is 24.3 Å². The summed E-state index contributed by atoms with van der Waals surface area (Å²) in [5.74, 6) is 0.895. The second kappa shape index (κ2) is 5.14. The lowest BCUT2D eigenvalue weighted by Gasteiger charge is -2.06. The molecule has 94 valence electrons. The fraction of sp³-hybridized carbons (Fsp3) is 0.250. The average molecular weight is 262 g/mol. The predicted molar refractivity (Wildman–Crippen MR) is 71.7 cm³/mol. The lowest BCUT2D eigenvalue weighted by atomic mass is 10.2. The molecule has 0 bridgehead atoms. The smallest absolute Gasteiger partial charge is 0.222 e. The van der Waals surface area contributed by atoms with Gasteiger partial charge in [0.05, 0.1) is 5.56 Å². The summed E-state index contributed by atoms with van der Waals surface area (Å²) in [5, 5.41) is 20.8. The van der Waals surface area contributed by atoms with Crippen LogP contribution in [0.2, 0.25) is 0 Å². The van der Waals surface area contributed by atoms with Gasteiger partial charge in [0.15, 0.2) is 5.84 Å². The van der Waals surface area contributed by atoms with Crippen LogP contribution in [0.1, 0.15) is 24.7 Å². The standard InChI is InChI=1S/C12H14N4OS/c1-2-5-10-14-12(18)16(15-10)11(13)8-6-3-4-7-9(8)17/h3-4,6-7,13,17H,2,5H2,1H3,(H,14,15,18). The first-order valence-corrected chi connectivity index (χ1v) is 6.09. The molecule has 0 aliphatic rings. The number of benzene rings is 1. The molecule has 0 fully saturated rings. The second-order valence-electron chi connectivity index (χ2n) is 3.90. The van der Waals surface area contributed by atoms with Gasteiger partial charge in [-0.25, -0.2) is 9.67 Å². The summed E-state index contributed by atoms with van der Waals surface area (Å²) in [6, 6.07) is 6.67. The Balaban J connectivity index is 2.41. The number of H-pyrrole nitrogens is 1. The Morgan fingerprint density at radius 3 is 2.89 bits per heavy atom.